The number of thioether (sulfide) groups is 1. The molecule has 0 unspecified atom stereocenters. The Bertz CT molecular complexity index is 572. The van der Waals surface area contributed by atoms with E-state index < -0.39 is 6.10 Å². The van der Waals surface area contributed by atoms with Crippen LogP contribution in [0.5, 0.6) is 0 Å². The van der Waals surface area contributed by atoms with Crippen molar-refractivity contribution in [3.63, 3.8) is 0 Å². The van der Waals surface area contributed by atoms with E-state index in [0.29, 0.717) is 12.3 Å². The fourth-order valence-corrected chi connectivity index (χ4v) is 5.75. The average molecular weight is 469 g/mol. The van der Waals surface area contributed by atoms with E-state index >= 15 is 0 Å². The predicted molar refractivity (Wildman–Crippen MR) is 137 cm³/mol. The Kier molecular flexibility index (Phi) is 16.1. The molecule has 0 saturated heterocycles. The van der Waals surface area contributed by atoms with Crippen molar-refractivity contribution in [3.8, 4) is 0 Å². The molecule has 0 aromatic carbocycles. The summed E-state index contributed by atoms with van der Waals surface area (Å²) < 4.78 is 4.71. The Morgan fingerprint density at radius 2 is 1.91 bits per heavy atom. The summed E-state index contributed by atoms with van der Waals surface area (Å²) >= 11 is 1.87. The molecule has 186 valence electrons. The second-order valence-electron chi connectivity index (χ2n) is 9.39. The van der Waals surface area contributed by atoms with Crippen LogP contribution in [0.1, 0.15) is 104 Å². The minimum Gasteiger partial charge on any atom is -0.469 e. The van der Waals surface area contributed by atoms with E-state index in [-0.39, 0.29) is 18.0 Å². The zero-order valence-corrected chi connectivity index (χ0v) is 21.8. The topological polar surface area (TPSA) is 66.8 Å². The molecule has 0 fully saturated rings. The molecule has 0 aromatic heterocycles. The third-order valence-corrected chi connectivity index (χ3v) is 7.71. The zero-order chi connectivity index (χ0) is 23.8. The normalized spacial score (nSPS) is 20.8. The largest absolute Gasteiger partial charge is 0.469 e. The third kappa shape index (κ3) is 11.9. The summed E-state index contributed by atoms with van der Waals surface area (Å²) in [6.07, 6.45) is 16.4. The Morgan fingerprint density at radius 3 is 2.59 bits per heavy atom. The quantitative estimate of drug-likeness (QED) is 0.131. The monoisotopic (exact) mass is 468 g/mol. The predicted octanol–water partition coefficient (Wildman–Crippen LogP) is 6.80. The molecule has 4 nitrogen and oxygen atoms in total. The van der Waals surface area contributed by atoms with Gasteiger partial charge in [0, 0.05) is 12.3 Å². The van der Waals surface area contributed by atoms with E-state index in [0.717, 1.165) is 50.7 Å². The molecule has 0 aromatic rings. The molecule has 0 bridgehead atoms. The number of aliphatic hydroxyl groups is 2. The number of aliphatic hydroxyl groups excluding tert-OH is 2. The van der Waals surface area contributed by atoms with Gasteiger partial charge in [0.25, 0.3) is 0 Å². The maximum atomic E-state index is 11.3. The molecule has 1 aliphatic carbocycles. The molecule has 32 heavy (non-hydrogen) atoms. The smallest absolute Gasteiger partial charge is 0.305 e. The third-order valence-electron chi connectivity index (χ3n) is 6.35. The first-order valence-electron chi connectivity index (χ1n) is 12.9. The van der Waals surface area contributed by atoms with Crippen LogP contribution < -0.4 is 0 Å². The van der Waals surface area contributed by atoms with Gasteiger partial charge in [0.2, 0.25) is 0 Å². The highest BCUT2D eigenvalue weighted by Crippen LogP contribution is 2.43. The van der Waals surface area contributed by atoms with Crippen LogP contribution in [0.2, 0.25) is 0 Å². The summed E-state index contributed by atoms with van der Waals surface area (Å²) in [5.41, 5.74) is 1.41. The van der Waals surface area contributed by atoms with Gasteiger partial charge in [-0.1, -0.05) is 77.0 Å². The van der Waals surface area contributed by atoms with E-state index in [4.69, 9.17) is 4.74 Å². The average Bonchev–Trinajstić information content (AvgIpc) is 3.07. The number of carbonyl (C=O) groups excluding carboxylic acids is 1. The van der Waals surface area contributed by atoms with Crippen molar-refractivity contribution in [2.75, 3.05) is 12.9 Å². The maximum absolute atomic E-state index is 11.3. The summed E-state index contributed by atoms with van der Waals surface area (Å²) in [7, 11) is 1.44. The Balaban J connectivity index is 2.66. The molecule has 0 heterocycles. The van der Waals surface area contributed by atoms with Crippen LogP contribution in [0, 0.1) is 11.8 Å². The van der Waals surface area contributed by atoms with Crippen molar-refractivity contribution in [1.29, 1.82) is 0 Å². The van der Waals surface area contributed by atoms with Gasteiger partial charge in [-0.15, -0.1) is 11.8 Å². The minimum absolute atomic E-state index is 0.00675. The first kappa shape index (κ1) is 29.3. The molecule has 5 heteroatoms. The first-order valence-corrected chi connectivity index (χ1v) is 13.9. The van der Waals surface area contributed by atoms with E-state index in [2.05, 4.69) is 26.8 Å². The fraction of sp³-hybridized carbons (Fsp3) is 0.815. The van der Waals surface area contributed by atoms with E-state index in [9.17, 15) is 15.0 Å². The SMILES string of the molecule is CCCCCC1=C(SCCCCCC(=O)OC)[C@@H](C=C[C@@H](O)C[C@H](C)CCCC)[C@H](O)C1. The second-order valence-corrected chi connectivity index (χ2v) is 10.5. The fourth-order valence-electron chi connectivity index (χ4n) is 4.36. The number of rotatable bonds is 18. The van der Waals surface area contributed by atoms with Gasteiger partial charge < -0.3 is 14.9 Å². The molecule has 0 aliphatic heterocycles. The molecule has 0 spiro atoms. The van der Waals surface area contributed by atoms with Gasteiger partial charge in [-0.2, -0.15) is 0 Å². The lowest BCUT2D eigenvalue weighted by atomic mass is 9.96. The molecule has 4 atom stereocenters. The van der Waals surface area contributed by atoms with E-state index in [1.165, 1.54) is 49.7 Å². The van der Waals surface area contributed by atoms with Crippen LogP contribution in [-0.2, 0) is 9.53 Å². The number of unbranched alkanes of at least 4 members (excludes halogenated alkanes) is 5. The van der Waals surface area contributed by atoms with Crippen LogP contribution in [0.15, 0.2) is 22.6 Å². The van der Waals surface area contributed by atoms with Gasteiger partial charge >= 0.3 is 5.97 Å². The van der Waals surface area contributed by atoms with Gasteiger partial charge in [-0.25, -0.2) is 0 Å². The van der Waals surface area contributed by atoms with Crippen LogP contribution in [0.4, 0.5) is 0 Å². The number of hydrogen-bond donors (Lipinski definition) is 2. The number of ether oxygens (including phenoxy) is 1. The number of hydrogen-bond acceptors (Lipinski definition) is 5. The van der Waals surface area contributed by atoms with Gasteiger partial charge in [0.1, 0.15) is 0 Å². The molecule has 0 amide bonds. The highest BCUT2D eigenvalue weighted by molar-refractivity contribution is 8.03. The van der Waals surface area contributed by atoms with Crippen molar-refractivity contribution in [1.82, 2.24) is 0 Å². The standard InChI is InChI=1S/C27H48O4S/c1-5-7-10-14-22-20-25(29)24(17-16-23(28)19-21(3)13-8-6-2)27(22)32-18-12-9-11-15-26(30)31-4/h16-17,21,23-25,28-29H,5-15,18-20H2,1-4H3/t21-,23-,24+,25-/m1/s1. The van der Waals surface area contributed by atoms with Gasteiger partial charge in [-0.05, 0) is 55.1 Å². The summed E-state index contributed by atoms with van der Waals surface area (Å²) in [4.78, 5) is 12.6. The van der Waals surface area contributed by atoms with Gasteiger partial charge in [0.05, 0.1) is 19.3 Å². The van der Waals surface area contributed by atoms with Crippen molar-refractivity contribution in [2.45, 2.75) is 116 Å². The molecular weight excluding hydrogens is 420 g/mol. The number of carbonyl (C=O) groups is 1. The molecule has 1 aliphatic rings. The number of esters is 1. The highest BCUT2D eigenvalue weighted by atomic mass is 32.2. The van der Waals surface area contributed by atoms with Crippen LogP contribution in [0.25, 0.3) is 0 Å². The van der Waals surface area contributed by atoms with Crippen LogP contribution in [-0.4, -0.2) is 41.3 Å². The summed E-state index contributed by atoms with van der Waals surface area (Å²) in [5, 5.41) is 21.3. The first-order chi connectivity index (χ1) is 15.4. The van der Waals surface area contributed by atoms with Crippen molar-refractivity contribution in [2.24, 2.45) is 11.8 Å². The Hall–Kier alpha value is -0.780. The van der Waals surface area contributed by atoms with Crippen molar-refractivity contribution >= 4 is 17.7 Å². The van der Waals surface area contributed by atoms with Gasteiger partial charge in [-0.3, -0.25) is 4.79 Å². The van der Waals surface area contributed by atoms with E-state index in [1.807, 2.05) is 17.8 Å². The van der Waals surface area contributed by atoms with Crippen molar-refractivity contribution < 1.29 is 19.7 Å². The summed E-state index contributed by atoms with van der Waals surface area (Å²) in [6, 6.07) is 0. The minimum atomic E-state index is -0.442. The second kappa shape index (κ2) is 17.7. The molecule has 0 saturated carbocycles. The van der Waals surface area contributed by atoms with Crippen LogP contribution >= 0.6 is 11.8 Å². The van der Waals surface area contributed by atoms with Crippen molar-refractivity contribution in [3.05, 3.63) is 22.6 Å². The maximum Gasteiger partial charge on any atom is 0.305 e. The molecule has 1 rings (SSSR count). The summed E-state index contributed by atoms with van der Waals surface area (Å²) in [6.45, 7) is 6.63. The molecule has 2 N–H and O–H groups in total. The number of methoxy groups -OCH3 is 1. The van der Waals surface area contributed by atoms with Crippen LogP contribution in [0.3, 0.4) is 0 Å². The lowest BCUT2D eigenvalue weighted by Crippen LogP contribution is -2.15. The lowest BCUT2D eigenvalue weighted by molar-refractivity contribution is -0.140. The Labute approximate surface area is 201 Å². The van der Waals surface area contributed by atoms with E-state index in [1.54, 1.807) is 0 Å². The molecule has 0 radical (unpaired) electrons. The summed E-state index contributed by atoms with van der Waals surface area (Å²) in [5.74, 6) is 1.39. The highest BCUT2D eigenvalue weighted by Gasteiger charge is 2.31. The zero-order valence-electron chi connectivity index (χ0n) is 21.0. The van der Waals surface area contributed by atoms with Gasteiger partial charge in [0.15, 0.2) is 0 Å². The Morgan fingerprint density at radius 1 is 1.16 bits per heavy atom. The lowest BCUT2D eigenvalue weighted by Gasteiger charge is -2.17. The molecular formula is C27H48O4S.